The highest BCUT2D eigenvalue weighted by molar-refractivity contribution is 7.16. The van der Waals surface area contributed by atoms with E-state index in [1.807, 2.05) is 13.8 Å². The first-order chi connectivity index (χ1) is 10.5. The summed E-state index contributed by atoms with van der Waals surface area (Å²) in [7, 11) is 0. The van der Waals surface area contributed by atoms with Crippen molar-refractivity contribution in [3.8, 4) is 6.07 Å². The number of rotatable bonds is 4. The van der Waals surface area contributed by atoms with Crippen LogP contribution in [0.4, 0.5) is 5.00 Å². The zero-order valence-corrected chi connectivity index (χ0v) is 14.5. The molecule has 3 nitrogen and oxygen atoms in total. The molecule has 0 aliphatic carbocycles. The monoisotopic (exact) mass is 352 g/mol. The lowest BCUT2D eigenvalue weighted by Gasteiger charge is -2.06. The van der Waals surface area contributed by atoms with Gasteiger partial charge in [-0.25, -0.2) is 0 Å². The average molecular weight is 353 g/mol. The molecule has 2 aromatic rings. The van der Waals surface area contributed by atoms with Crippen molar-refractivity contribution < 1.29 is 4.79 Å². The molecule has 0 aliphatic rings. The minimum atomic E-state index is -0.204. The van der Waals surface area contributed by atoms with E-state index in [9.17, 15) is 10.1 Å². The zero-order chi connectivity index (χ0) is 16.3. The maximum absolute atomic E-state index is 12.2. The van der Waals surface area contributed by atoms with Crippen LogP contribution >= 0.6 is 34.5 Å². The molecule has 22 heavy (non-hydrogen) atoms. The van der Waals surface area contributed by atoms with Crippen LogP contribution in [0.3, 0.4) is 0 Å². The summed E-state index contributed by atoms with van der Waals surface area (Å²) in [5, 5.41) is 13.7. The Bertz CT molecular complexity index is 762. The predicted octanol–water partition coefficient (Wildman–Crippen LogP) is 4.98. The van der Waals surface area contributed by atoms with Crippen LogP contribution in [0.1, 0.15) is 28.5 Å². The largest absolute Gasteiger partial charge is 0.316 e. The van der Waals surface area contributed by atoms with E-state index in [2.05, 4.69) is 11.4 Å². The highest BCUT2D eigenvalue weighted by atomic mass is 35.5. The maximum Gasteiger partial charge on any atom is 0.229 e. The molecular formula is C16H14Cl2N2OS. The van der Waals surface area contributed by atoms with Gasteiger partial charge < -0.3 is 5.32 Å². The van der Waals surface area contributed by atoms with Gasteiger partial charge in [-0.1, -0.05) is 36.2 Å². The summed E-state index contributed by atoms with van der Waals surface area (Å²) in [6.07, 6.45) is 0.906. The first-order valence-corrected chi connectivity index (χ1v) is 8.29. The van der Waals surface area contributed by atoms with Gasteiger partial charge in [0.15, 0.2) is 0 Å². The van der Waals surface area contributed by atoms with Crippen LogP contribution in [-0.2, 0) is 17.6 Å². The Morgan fingerprint density at radius 3 is 2.73 bits per heavy atom. The molecule has 1 aromatic carbocycles. The number of aryl methyl sites for hydroxylation is 1. The number of carbonyl (C=O) groups excluding carboxylic acids is 1. The van der Waals surface area contributed by atoms with Gasteiger partial charge in [-0.3, -0.25) is 4.79 Å². The predicted molar refractivity (Wildman–Crippen MR) is 91.9 cm³/mol. The summed E-state index contributed by atoms with van der Waals surface area (Å²) in [4.78, 5) is 13.2. The number of benzene rings is 1. The van der Waals surface area contributed by atoms with Crippen molar-refractivity contribution in [1.82, 2.24) is 0 Å². The summed E-state index contributed by atoms with van der Waals surface area (Å²) >= 11 is 13.3. The second kappa shape index (κ2) is 7.15. The SMILES string of the molecule is CCc1c(C)sc(NC(=O)Cc2ccc(Cl)cc2Cl)c1C#N. The molecule has 0 spiro atoms. The Morgan fingerprint density at radius 1 is 1.41 bits per heavy atom. The molecule has 1 amide bonds. The third kappa shape index (κ3) is 3.61. The molecule has 1 N–H and O–H groups in total. The molecule has 114 valence electrons. The molecule has 0 saturated carbocycles. The molecule has 1 aromatic heterocycles. The molecule has 1 heterocycles. The molecule has 0 unspecified atom stereocenters. The standard InChI is InChI=1S/C16H14Cl2N2OS/c1-3-12-9(2)22-16(13(12)8-19)20-15(21)6-10-4-5-11(17)7-14(10)18/h4-5,7H,3,6H2,1-2H3,(H,20,21). The molecule has 0 bridgehead atoms. The molecule has 0 fully saturated rings. The van der Waals surface area contributed by atoms with E-state index < -0.39 is 0 Å². The highest BCUT2D eigenvalue weighted by Gasteiger charge is 2.17. The Balaban J connectivity index is 2.18. The Kier molecular flexibility index (Phi) is 5.47. The van der Waals surface area contributed by atoms with Gasteiger partial charge in [0.25, 0.3) is 0 Å². The molecule has 0 aliphatic heterocycles. The zero-order valence-electron chi connectivity index (χ0n) is 12.2. The fraction of sp³-hybridized carbons (Fsp3) is 0.250. The molecule has 0 saturated heterocycles. The number of halogens is 2. The fourth-order valence-electron chi connectivity index (χ4n) is 2.22. The Morgan fingerprint density at radius 2 is 2.14 bits per heavy atom. The van der Waals surface area contributed by atoms with E-state index >= 15 is 0 Å². The van der Waals surface area contributed by atoms with Gasteiger partial charge in [0.05, 0.1) is 12.0 Å². The smallest absolute Gasteiger partial charge is 0.229 e. The van der Waals surface area contributed by atoms with E-state index in [0.29, 0.717) is 26.2 Å². The third-order valence-electron chi connectivity index (χ3n) is 3.29. The number of anilines is 1. The molecule has 0 atom stereocenters. The normalized spacial score (nSPS) is 10.3. The van der Waals surface area contributed by atoms with Crippen LogP contribution in [0.5, 0.6) is 0 Å². The van der Waals surface area contributed by atoms with E-state index in [4.69, 9.17) is 23.2 Å². The topological polar surface area (TPSA) is 52.9 Å². The Hall–Kier alpha value is -1.54. The van der Waals surface area contributed by atoms with Gasteiger partial charge in [0.2, 0.25) is 5.91 Å². The summed E-state index contributed by atoms with van der Waals surface area (Å²) in [5.74, 6) is -0.204. The van der Waals surface area contributed by atoms with Crippen LogP contribution in [0, 0.1) is 18.3 Å². The van der Waals surface area contributed by atoms with Crippen LogP contribution in [-0.4, -0.2) is 5.91 Å². The first-order valence-electron chi connectivity index (χ1n) is 6.72. The van der Waals surface area contributed by atoms with Crippen LogP contribution in [0.15, 0.2) is 18.2 Å². The number of nitrogens with zero attached hydrogens (tertiary/aromatic N) is 1. The number of thiophene rings is 1. The first kappa shape index (κ1) is 16.8. The second-order valence-corrected chi connectivity index (χ2v) is 6.84. The molecule has 2 rings (SSSR count). The van der Waals surface area contributed by atoms with E-state index in [0.717, 1.165) is 16.9 Å². The number of hydrogen-bond donors (Lipinski definition) is 1. The van der Waals surface area contributed by atoms with Crippen LogP contribution < -0.4 is 5.32 Å². The second-order valence-electron chi connectivity index (χ2n) is 4.77. The number of hydrogen-bond acceptors (Lipinski definition) is 3. The van der Waals surface area contributed by atoms with Crippen molar-refractivity contribution in [1.29, 1.82) is 5.26 Å². The summed E-state index contributed by atoms with van der Waals surface area (Å²) < 4.78 is 0. The van der Waals surface area contributed by atoms with Crippen LogP contribution in [0.2, 0.25) is 10.0 Å². The molecule has 0 radical (unpaired) electrons. The minimum Gasteiger partial charge on any atom is -0.316 e. The number of carbonyl (C=O) groups is 1. The van der Waals surface area contributed by atoms with Gasteiger partial charge >= 0.3 is 0 Å². The number of nitrogens with one attached hydrogen (secondary N) is 1. The number of nitriles is 1. The van der Waals surface area contributed by atoms with Gasteiger partial charge in [0.1, 0.15) is 11.1 Å². The summed E-state index contributed by atoms with van der Waals surface area (Å²) in [5.41, 5.74) is 2.25. The van der Waals surface area contributed by atoms with Gasteiger partial charge in [-0.15, -0.1) is 11.3 Å². The van der Waals surface area contributed by atoms with Gasteiger partial charge in [-0.2, -0.15) is 5.26 Å². The lowest BCUT2D eigenvalue weighted by Crippen LogP contribution is -2.14. The van der Waals surface area contributed by atoms with Gasteiger partial charge in [-0.05, 0) is 36.6 Å². The van der Waals surface area contributed by atoms with Gasteiger partial charge in [0, 0.05) is 14.9 Å². The van der Waals surface area contributed by atoms with Crippen LogP contribution in [0.25, 0.3) is 0 Å². The van der Waals surface area contributed by atoms with E-state index in [1.165, 1.54) is 11.3 Å². The van der Waals surface area contributed by atoms with Crippen molar-refractivity contribution in [2.45, 2.75) is 26.7 Å². The van der Waals surface area contributed by atoms with Crippen molar-refractivity contribution in [2.75, 3.05) is 5.32 Å². The van der Waals surface area contributed by atoms with Crippen molar-refractivity contribution >= 4 is 45.4 Å². The minimum absolute atomic E-state index is 0.138. The summed E-state index contributed by atoms with van der Waals surface area (Å²) in [6.45, 7) is 3.95. The van der Waals surface area contributed by atoms with E-state index in [1.54, 1.807) is 18.2 Å². The lowest BCUT2D eigenvalue weighted by molar-refractivity contribution is -0.115. The van der Waals surface area contributed by atoms with Crippen molar-refractivity contribution in [3.63, 3.8) is 0 Å². The van der Waals surface area contributed by atoms with Crippen molar-refractivity contribution in [3.05, 3.63) is 49.8 Å². The highest BCUT2D eigenvalue weighted by Crippen LogP contribution is 2.33. The third-order valence-corrected chi connectivity index (χ3v) is 4.94. The quantitative estimate of drug-likeness (QED) is 0.843. The average Bonchev–Trinajstić information content (AvgIpc) is 2.76. The number of amides is 1. The van der Waals surface area contributed by atoms with E-state index in [-0.39, 0.29) is 12.3 Å². The fourth-order valence-corrected chi connectivity index (χ4v) is 3.81. The lowest BCUT2D eigenvalue weighted by atomic mass is 10.1. The van der Waals surface area contributed by atoms with Crippen molar-refractivity contribution in [2.24, 2.45) is 0 Å². The molecular weight excluding hydrogens is 339 g/mol. The Labute approximate surface area is 143 Å². The maximum atomic E-state index is 12.2. The summed E-state index contributed by atoms with van der Waals surface area (Å²) in [6, 6.07) is 7.21. The molecule has 6 heteroatoms.